The normalized spacial score (nSPS) is 36.1. The van der Waals surface area contributed by atoms with Crippen molar-refractivity contribution in [3.63, 3.8) is 0 Å². The first-order chi connectivity index (χ1) is 6.70. The predicted octanol–water partition coefficient (Wildman–Crippen LogP) is 1.27. The lowest BCUT2D eigenvalue weighted by Crippen LogP contribution is -2.14. The number of rotatable bonds is 1. The van der Waals surface area contributed by atoms with Crippen LogP contribution in [0.2, 0.25) is 0 Å². The van der Waals surface area contributed by atoms with Gasteiger partial charge in [0, 0.05) is 0 Å². The van der Waals surface area contributed by atoms with Crippen LogP contribution in [0.15, 0.2) is 11.6 Å². The van der Waals surface area contributed by atoms with Crippen LogP contribution in [0.5, 0.6) is 0 Å². The van der Waals surface area contributed by atoms with E-state index in [9.17, 15) is 9.90 Å². The van der Waals surface area contributed by atoms with E-state index in [1.54, 1.807) is 0 Å². The number of carbonyl (C=O) groups is 1. The minimum absolute atomic E-state index is 0.0292. The molecule has 0 aromatic rings. The zero-order valence-corrected chi connectivity index (χ0v) is 8.40. The summed E-state index contributed by atoms with van der Waals surface area (Å²) < 4.78 is 4.74. The van der Waals surface area contributed by atoms with E-state index in [2.05, 4.69) is 0 Å². The Morgan fingerprint density at radius 3 is 3.07 bits per heavy atom. The molecule has 3 atom stereocenters. The third kappa shape index (κ3) is 1.69. The van der Waals surface area contributed by atoms with Crippen LogP contribution >= 0.6 is 0 Å². The summed E-state index contributed by atoms with van der Waals surface area (Å²) in [5, 5.41) is 9.45. The second-order valence-electron chi connectivity index (χ2n) is 4.24. The van der Waals surface area contributed by atoms with E-state index in [0.717, 1.165) is 25.7 Å². The summed E-state index contributed by atoms with van der Waals surface area (Å²) >= 11 is 0. The van der Waals surface area contributed by atoms with Gasteiger partial charge in [0.25, 0.3) is 0 Å². The summed E-state index contributed by atoms with van der Waals surface area (Å²) in [5.41, 5.74) is 1.26. The Hall–Kier alpha value is -0.830. The SMILES string of the molecule is COC(=O)[C@@H]1CC2=C[C@@H](O)CC[C@H]2C1. The van der Waals surface area contributed by atoms with Crippen molar-refractivity contribution in [1.29, 1.82) is 0 Å². The predicted molar refractivity (Wildman–Crippen MR) is 51.6 cm³/mol. The van der Waals surface area contributed by atoms with Gasteiger partial charge in [0.15, 0.2) is 0 Å². The van der Waals surface area contributed by atoms with Gasteiger partial charge in [-0.25, -0.2) is 0 Å². The smallest absolute Gasteiger partial charge is 0.308 e. The van der Waals surface area contributed by atoms with Crippen LogP contribution in [-0.2, 0) is 9.53 Å². The Bertz CT molecular complexity index is 270. The molecule has 0 unspecified atom stereocenters. The molecule has 0 saturated heterocycles. The highest BCUT2D eigenvalue weighted by Gasteiger charge is 2.36. The van der Waals surface area contributed by atoms with Gasteiger partial charge in [-0.2, -0.15) is 0 Å². The van der Waals surface area contributed by atoms with Crippen molar-refractivity contribution in [2.24, 2.45) is 11.8 Å². The molecule has 0 aromatic heterocycles. The third-order valence-electron chi connectivity index (χ3n) is 3.33. The van der Waals surface area contributed by atoms with Gasteiger partial charge in [-0.15, -0.1) is 0 Å². The number of methoxy groups -OCH3 is 1. The number of ether oxygens (including phenoxy) is 1. The van der Waals surface area contributed by atoms with Crippen LogP contribution < -0.4 is 0 Å². The van der Waals surface area contributed by atoms with Gasteiger partial charge in [0.05, 0.1) is 19.1 Å². The van der Waals surface area contributed by atoms with E-state index in [1.807, 2.05) is 6.08 Å². The van der Waals surface area contributed by atoms with Crippen LogP contribution in [0.3, 0.4) is 0 Å². The van der Waals surface area contributed by atoms with Crippen molar-refractivity contribution >= 4 is 5.97 Å². The van der Waals surface area contributed by atoms with Gasteiger partial charge in [-0.05, 0) is 31.6 Å². The molecule has 2 aliphatic carbocycles. The summed E-state index contributed by atoms with van der Waals surface area (Å²) in [5.74, 6) is 0.443. The topological polar surface area (TPSA) is 46.5 Å². The number of aliphatic hydroxyl groups excluding tert-OH is 1. The number of fused-ring (bicyclic) bond motifs is 1. The second kappa shape index (κ2) is 3.73. The molecule has 1 fully saturated rings. The summed E-state index contributed by atoms with van der Waals surface area (Å²) in [6.45, 7) is 0. The lowest BCUT2D eigenvalue weighted by Gasteiger charge is -2.20. The van der Waals surface area contributed by atoms with Gasteiger partial charge in [0.1, 0.15) is 0 Å². The summed E-state index contributed by atoms with van der Waals surface area (Å²) in [7, 11) is 1.44. The number of allylic oxidation sites excluding steroid dienone is 1. The van der Waals surface area contributed by atoms with E-state index in [4.69, 9.17) is 4.74 Å². The second-order valence-corrected chi connectivity index (χ2v) is 4.24. The molecule has 1 N–H and O–H groups in total. The highest BCUT2D eigenvalue weighted by atomic mass is 16.5. The fourth-order valence-corrected chi connectivity index (χ4v) is 2.59. The van der Waals surface area contributed by atoms with Gasteiger partial charge in [-0.3, -0.25) is 4.79 Å². The molecule has 0 aromatic carbocycles. The molecule has 0 bridgehead atoms. The number of esters is 1. The van der Waals surface area contributed by atoms with Crippen molar-refractivity contribution in [2.45, 2.75) is 31.8 Å². The van der Waals surface area contributed by atoms with Crippen molar-refractivity contribution in [1.82, 2.24) is 0 Å². The zero-order chi connectivity index (χ0) is 10.1. The first-order valence-corrected chi connectivity index (χ1v) is 5.17. The molecular weight excluding hydrogens is 180 g/mol. The van der Waals surface area contributed by atoms with E-state index in [0.29, 0.717) is 5.92 Å². The molecule has 1 saturated carbocycles. The molecule has 3 nitrogen and oxygen atoms in total. The Labute approximate surface area is 83.8 Å². The molecule has 0 aliphatic heterocycles. The molecule has 0 spiro atoms. The average molecular weight is 196 g/mol. The molecular formula is C11H16O3. The van der Waals surface area contributed by atoms with E-state index < -0.39 is 0 Å². The van der Waals surface area contributed by atoms with Crippen molar-refractivity contribution < 1.29 is 14.6 Å². The van der Waals surface area contributed by atoms with Gasteiger partial charge in [0.2, 0.25) is 0 Å². The van der Waals surface area contributed by atoms with Crippen LogP contribution in [0.4, 0.5) is 0 Å². The van der Waals surface area contributed by atoms with Crippen LogP contribution in [0.25, 0.3) is 0 Å². The summed E-state index contributed by atoms with van der Waals surface area (Å²) in [6.07, 6.45) is 5.18. The minimum Gasteiger partial charge on any atom is -0.469 e. The zero-order valence-electron chi connectivity index (χ0n) is 8.40. The van der Waals surface area contributed by atoms with Gasteiger partial charge in [-0.1, -0.05) is 11.6 Å². The first kappa shape index (κ1) is 9.71. The van der Waals surface area contributed by atoms with E-state index in [1.165, 1.54) is 12.7 Å². The molecule has 3 heteroatoms. The molecule has 0 amide bonds. The standard InChI is InChI=1S/C11H16O3/c1-14-11(13)9-4-7-2-3-10(12)6-8(7)5-9/h6-7,9-10,12H,2-5H2,1H3/t7-,9-,10-/m0/s1. The molecule has 2 aliphatic rings. The monoisotopic (exact) mass is 196 g/mol. The molecule has 14 heavy (non-hydrogen) atoms. The Morgan fingerprint density at radius 2 is 2.36 bits per heavy atom. The van der Waals surface area contributed by atoms with Crippen molar-refractivity contribution in [2.75, 3.05) is 7.11 Å². The molecule has 0 radical (unpaired) electrons. The van der Waals surface area contributed by atoms with Crippen LogP contribution in [0, 0.1) is 11.8 Å². The van der Waals surface area contributed by atoms with Crippen LogP contribution in [-0.4, -0.2) is 24.3 Å². The minimum atomic E-state index is -0.294. The first-order valence-electron chi connectivity index (χ1n) is 5.17. The highest BCUT2D eigenvalue weighted by molar-refractivity contribution is 5.73. The number of hydrogen-bond donors (Lipinski definition) is 1. The molecule has 78 valence electrons. The van der Waals surface area contributed by atoms with Crippen LogP contribution in [0.1, 0.15) is 25.7 Å². The summed E-state index contributed by atoms with van der Waals surface area (Å²) in [4.78, 5) is 11.3. The highest BCUT2D eigenvalue weighted by Crippen LogP contribution is 2.42. The Balaban J connectivity index is 2.06. The van der Waals surface area contributed by atoms with E-state index in [-0.39, 0.29) is 18.0 Å². The van der Waals surface area contributed by atoms with E-state index >= 15 is 0 Å². The molecule has 2 rings (SSSR count). The Morgan fingerprint density at radius 1 is 1.57 bits per heavy atom. The average Bonchev–Trinajstić information content (AvgIpc) is 2.59. The molecule has 0 heterocycles. The lowest BCUT2D eigenvalue weighted by molar-refractivity contribution is -0.145. The number of carbonyl (C=O) groups excluding carboxylic acids is 1. The summed E-state index contributed by atoms with van der Waals surface area (Å²) in [6, 6.07) is 0. The third-order valence-corrected chi connectivity index (χ3v) is 3.33. The lowest BCUT2D eigenvalue weighted by atomic mass is 9.89. The van der Waals surface area contributed by atoms with Gasteiger partial charge < -0.3 is 9.84 Å². The maximum atomic E-state index is 11.3. The van der Waals surface area contributed by atoms with Crippen molar-refractivity contribution in [3.8, 4) is 0 Å². The maximum absolute atomic E-state index is 11.3. The fraction of sp³-hybridized carbons (Fsp3) is 0.727. The maximum Gasteiger partial charge on any atom is 0.308 e. The largest absolute Gasteiger partial charge is 0.469 e. The quantitative estimate of drug-likeness (QED) is 0.507. The number of aliphatic hydroxyl groups is 1. The number of hydrogen-bond acceptors (Lipinski definition) is 3. The Kier molecular flexibility index (Phi) is 2.59. The fourth-order valence-electron chi connectivity index (χ4n) is 2.59. The van der Waals surface area contributed by atoms with Gasteiger partial charge >= 0.3 is 5.97 Å². The van der Waals surface area contributed by atoms with Crippen molar-refractivity contribution in [3.05, 3.63) is 11.6 Å².